The minimum atomic E-state index is 0.0872. The van der Waals surface area contributed by atoms with Crippen LogP contribution in [0.25, 0.3) is 0 Å². The van der Waals surface area contributed by atoms with E-state index in [-0.39, 0.29) is 5.91 Å². The number of thiocarbonyl (C=S) groups is 1. The Balaban J connectivity index is 2.23. The Morgan fingerprint density at radius 1 is 1.75 bits per heavy atom. The highest BCUT2D eigenvalue weighted by molar-refractivity contribution is 7.80. The molecule has 1 aliphatic rings. The standard InChI is InChI=1S/C7H13N3OS/c8-6(12)1-3-10-4-2-9-7(11)5-10/h1-5H2,(H2,8,12)(H,9,11). The van der Waals surface area contributed by atoms with Crippen LogP contribution in [-0.2, 0) is 4.79 Å². The number of piperazine rings is 1. The number of nitrogens with two attached hydrogens (primary N) is 1. The zero-order valence-electron chi connectivity index (χ0n) is 6.88. The second-order valence-electron chi connectivity index (χ2n) is 2.84. The van der Waals surface area contributed by atoms with Crippen LogP contribution in [0.1, 0.15) is 6.42 Å². The molecule has 5 heteroatoms. The lowest BCUT2D eigenvalue weighted by atomic mass is 10.3. The Hall–Kier alpha value is -0.680. The lowest BCUT2D eigenvalue weighted by Gasteiger charge is -2.25. The van der Waals surface area contributed by atoms with Crippen molar-refractivity contribution in [3.8, 4) is 0 Å². The highest BCUT2D eigenvalue weighted by Gasteiger charge is 2.14. The lowest BCUT2D eigenvalue weighted by molar-refractivity contribution is -0.124. The number of carbonyl (C=O) groups is 1. The van der Waals surface area contributed by atoms with Crippen LogP contribution >= 0.6 is 12.2 Å². The molecule has 0 aromatic rings. The van der Waals surface area contributed by atoms with Gasteiger partial charge >= 0.3 is 0 Å². The van der Waals surface area contributed by atoms with E-state index in [9.17, 15) is 4.79 Å². The first-order valence-corrected chi connectivity index (χ1v) is 4.36. The highest BCUT2D eigenvalue weighted by atomic mass is 32.1. The maximum absolute atomic E-state index is 10.9. The number of hydrogen-bond acceptors (Lipinski definition) is 3. The van der Waals surface area contributed by atoms with Gasteiger partial charge < -0.3 is 11.1 Å². The maximum Gasteiger partial charge on any atom is 0.234 e. The molecule has 0 aliphatic carbocycles. The molecule has 0 unspecified atom stereocenters. The molecule has 0 bridgehead atoms. The molecule has 0 saturated carbocycles. The Bertz CT molecular complexity index is 195. The predicted molar refractivity (Wildman–Crippen MR) is 50.9 cm³/mol. The summed E-state index contributed by atoms with van der Waals surface area (Å²) in [4.78, 5) is 13.5. The normalized spacial score (nSPS) is 18.8. The Morgan fingerprint density at radius 3 is 3.08 bits per heavy atom. The van der Waals surface area contributed by atoms with Gasteiger partial charge in [0, 0.05) is 26.1 Å². The van der Waals surface area contributed by atoms with E-state index >= 15 is 0 Å². The van der Waals surface area contributed by atoms with Crippen molar-refractivity contribution in [1.82, 2.24) is 10.2 Å². The molecule has 1 amide bonds. The molecule has 4 nitrogen and oxygen atoms in total. The summed E-state index contributed by atoms with van der Waals surface area (Å²) < 4.78 is 0. The first-order chi connectivity index (χ1) is 5.68. The molecule has 3 N–H and O–H groups in total. The number of amides is 1. The third-order valence-corrected chi connectivity index (χ3v) is 2.00. The minimum absolute atomic E-state index is 0.0872. The van der Waals surface area contributed by atoms with Gasteiger partial charge in [-0.15, -0.1) is 0 Å². The van der Waals surface area contributed by atoms with E-state index in [1.54, 1.807) is 0 Å². The van der Waals surface area contributed by atoms with Crippen molar-refractivity contribution in [2.45, 2.75) is 6.42 Å². The molecule has 1 saturated heterocycles. The molecule has 0 aromatic heterocycles. The fraction of sp³-hybridized carbons (Fsp3) is 0.714. The molecule has 0 spiro atoms. The van der Waals surface area contributed by atoms with Crippen LogP contribution in [0.2, 0.25) is 0 Å². The van der Waals surface area contributed by atoms with Gasteiger partial charge in [-0.2, -0.15) is 0 Å². The van der Waals surface area contributed by atoms with Gasteiger partial charge in [-0.3, -0.25) is 9.69 Å². The zero-order valence-corrected chi connectivity index (χ0v) is 7.69. The molecule has 1 aliphatic heterocycles. The van der Waals surface area contributed by atoms with Crippen molar-refractivity contribution in [2.24, 2.45) is 5.73 Å². The second kappa shape index (κ2) is 4.37. The average Bonchev–Trinajstić information content (AvgIpc) is 2.01. The largest absolute Gasteiger partial charge is 0.393 e. The van der Waals surface area contributed by atoms with Crippen molar-refractivity contribution in [3.05, 3.63) is 0 Å². The van der Waals surface area contributed by atoms with Crippen molar-refractivity contribution in [2.75, 3.05) is 26.2 Å². The van der Waals surface area contributed by atoms with Crippen molar-refractivity contribution >= 4 is 23.1 Å². The number of nitrogens with zero attached hydrogens (tertiary/aromatic N) is 1. The van der Waals surface area contributed by atoms with Gasteiger partial charge in [-0.25, -0.2) is 0 Å². The zero-order chi connectivity index (χ0) is 8.97. The van der Waals surface area contributed by atoms with E-state index in [1.165, 1.54) is 0 Å². The molecule has 1 rings (SSSR count). The molecule has 0 aromatic carbocycles. The molecule has 1 fully saturated rings. The van der Waals surface area contributed by atoms with Gasteiger partial charge in [0.05, 0.1) is 11.5 Å². The summed E-state index contributed by atoms with van der Waals surface area (Å²) in [5, 5.41) is 2.75. The number of rotatable bonds is 3. The van der Waals surface area contributed by atoms with Gasteiger partial charge in [-0.05, 0) is 0 Å². The third kappa shape index (κ3) is 3.15. The fourth-order valence-electron chi connectivity index (χ4n) is 1.15. The Kier molecular flexibility index (Phi) is 3.43. The van der Waals surface area contributed by atoms with E-state index < -0.39 is 0 Å². The minimum Gasteiger partial charge on any atom is -0.393 e. The van der Waals surface area contributed by atoms with Crippen LogP contribution in [0.5, 0.6) is 0 Å². The average molecular weight is 187 g/mol. The number of carbonyl (C=O) groups excluding carboxylic acids is 1. The highest BCUT2D eigenvalue weighted by Crippen LogP contribution is 1.94. The van der Waals surface area contributed by atoms with Crippen molar-refractivity contribution < 1.29 is 4.79 Å². The van der Waals surface area contributed by atoms with Crippen LogP contribution < -0.4 is 11.1 Å². The summed E-state index contributed by atoms with van der Waals surface area (Å²) in [7, 11) is 0. The number of nitrogens with one attached hydrogen (secondary N) is 1. The second-order valence-corrected chi connectivity index (χ2v) is 3.37. The Labute approximate surface area is 77.1 Å². The van der Waals surface area contributed by atoms with E-state index in [2.05, 4.69) is 10.2 Å². The van der Waals surface area contributed by atoms with Crippen molar-refractivity contribution in [1.29, 1.82) is 0 Å². The quantitative estimate of drug-likeness (QED) is 0.562. The fourth-order valence-corrected chi connectivity index (χ4v) is 1.24. The molecule has 1 heterocycles. The van der Waals surface area contributed by atoms with Crippen LogP contribution in [0.3, 0.4) is 0 Å². The van der Waals surface area contributed by atoms with Crippen LogP contribution in [0, 0.1) is 0 Å². The van der Waals surface area contributed by atoms with Gasteiger partial charge in [0.1, 0.15) is 0 Å². The van der Waals surface area contributed by atoms with Crippen molar-refractivity contribution in [3.63, 3.8) is 0 Å². The summed E-state index contributed by atoms with van der Waals surface area (Å²) in [5.41, 5.74) is 5.35. The number of hydrogen-bond donors (Lipinski definition) is 2. The van der Waals surface area contributed by atoms with Crippen LogP contribution in [0.15, 0.2) is 0 Å². The van der Waals surface area contributed by atoms with E-state index in [0.29, 0.717) is 18.0 Å². The van der Waals surface area contributed by atoms with Gasteiger partial charge in [-0.1, -0.05) is 12.2 Å². The predicted octanol–water partition coefficient (Wildman–Crippen LogP) is -0.906. The molecule has 0 radical (unpaired) electrons. The smallest absolute Gasteiger partial charge is 0.234 e. The Morgan fingerprint density at radius 2 is 2.50 bits per heavy atom. The summed E-state index contributed by atoms with van der Waals surface area (Å²) in [6, 6.07) is 0. The third-order valence-electron chi connectivity index (χ3n) is 1.79. The molecular formula is C7H13N3OS. The van der Waals surface area contributed by atoms with Crippen LogP contribution in [0.4, 0.5) is 0 Å². The molecule has 12 heavy (non-hydrogen) atoms. The van der Waals surface area contributed by atoms with Gasteiger partial charge in [0.2, 0.25) is 5.91 Å². The summed E-state index contributed by atoms with van der Waals surface area (Å²) in [5.74, 6) is 0.0872. The van der Waals surface area contributed by atoms with E-state index in [0.717, 1.165) is 19.6 Å². The van der Waals surface area contributed by atoms with Gasteiger partial charge in [0.15, 0.2) is 0 Å². The van der Waals surface area contributed by atoms with E-state index in [1.807, 2.05) is 0 Å². The molecular weight excluding hydrogens is 174 g/mol. The summed E-state index contributed by atoms with van der Waals surface area (Å²) in [6.45, 7) is 2.90. The van der Waals surface area contributed by atoms with Crippen LogP contribution in [-0.4, -0.2) is 42.0 Å². The van der Waals surface area contributed by atoms with E-state index in [4.69, 9.17) is 18.0 Å². The molecule has 68 valence electrons. The summed E-state index contributed by atoms with van der Waals surface area (Å²) in [6.07, 6.45) is 0.697. The van der Waals surface area contributed by atoms with Gasteiger partial charge in [0.25, 0.3) is 0 Å². The monoisotopic (exact) mass is 187 g/mol. The topological polar surface area (TPSA) is 58.4 Å². The lowest BCUT2D eigenvalue weighted by Crippen LogP contribution is -2.48. The summed E-state index contributed by atoms with van der Waals surface area (Å²) >= 11 is 4.74. The SMILES string of the molecule is NC(=S)CCN1CCNC(=O)C1. The maximum atomic E-state index is 10.9. The first kappa shape index (κ1) is 9.41. The molecule has 0 atom stereocenters. The first-order valence-electron chi connectivity index (χ1n) is 3.96.